The van der Waals surface area contributed by atoms with Gasteiger partial charge in [0.25, 0.3) is 0 Å². The van der Waals surface area contributed by atoms with Crippen molar-refractivity contribution in [2.24, 2.45) is 0 Å². The molecule has 2 atom stereocenters. The van der Waals surface area contributed by atoms with Gasteiger partial charge < -0.3 is 32.9 Å². The van der Waals surface area contributed by atoms with E-state index in [0.29, 0.717) is 65.0 Å². The summed E-state index contributed by atoms with van der Waals surface area (Å²) >= 11 is 0. The van der Waals surface area contributed by atoms with Crippen molar-refractivity contribution in [1.29, 1.82) is 0 Å². The number of ether oxygens (including phenoxy) is 4. The van der Waals surface area contributed by atoms with Crippen LogP contribution in [0, 0.1) is 0 Å². The van der Waals surface area contributed by atoms with Crippen LogP contribution in [0.4, 0.5) is 0 Å². The first-order valence-electron chi connectivity index (χ1n) is 8.82. The van der Waals surface area contributed by atoms with E-state index >= 15 is 0 Å². The molecule has 144 valence electrons. The number of aliphatic hydroxyl groups excluding tert-OH is 1. The fourth-order valence-electron chi connectivity index (χ4n) is 2.17. The van der Waals surface area contributed by atoms with Crippen LogP contribution in [0.2, 0.25) is 12.1 Å². The van der Waals surface area contributed by atoms with Crippen molar-refractivity contribution in [3.05, 3.63) is 0 Å². The monoisotopic (exact) mass is 366 g/mol. The Bertz CT molecular complexity index is 306. The summed E-state index contributed by atoms with van der Waals surface area (Å²) < 4.78 is 34.2. The summed E-state index contributed by atoms with van der Waals surface area (Å²) in [6.07, 6.45) is 0.759. The van der Waals surface area contributed by atoms with E-state index in [1.54, 1.807) is 0 Å². The molecular weight excluding hydrogens is 332 g/mol. The van der Waals surface area contributed by atoms with Crippen LogP contribution in [-0.2, 0) is 27.8 Å². The van der Waals surface area contributed by atoms with Gasteiger partial charge in [-0.05, 0) is 18.5 Å². The highest BCUT2D eigenvalue weighted by molar-refractivity contribution is 6.67. The Balaban J connectivity index is 2.31. The lowest BCUT2D eigenvalue weighted by atomic mass is 10.3. The zero-order valence-corrected chi connectivity index (χ0v) is 16.3. The molecule has 1 N–H and O–H groups in total. The summed E-state index contributed by atoms with van der Waals surface area (Å²) in [6, 6.07) is 0. The molecule has 0 aromatic rings. The minimum absolute atomic E-state index is 0.0150. The van der Waals surface area contributed by atoms with Crippen LogP contribution in [0.15, 0.2) is 0 Å². The summed E-state index contributed by atoms with van der Waals surface area (Å²) in [5.74, 6) is 0. The first kappa shape index (κ1) is 22.0. The van der Waals surface area contributed by atoms with Gasteiger partial charge in [-0.1, -0.05) is 13.8 Å². The van der Waals surface area contributed by atoms with Gasteiger partial charge in [-0.15, -0.1) is 0 Å². The predicted molar refractivity (Wildman–Crippen MR) is 92.5 cm³/mol. The maximum Gasteiger partial charge on any atom is 0.337 e. The van der Waals surface area contributed by atoms with Crippen LogP contribution < -0.4 is 0 Å². The third kappa shape index (κ3) is 9.43. The molecule has 0 bridgehead atoms. The lowest BCUT2D eigenvalue weighted by Gasteiger charge is -2.31. The first-order valence-corrected chi connectivity index (χ1v) is 11.2. The fourth-order valence-corrected chi connectivity index (χ4v) is 3.90. The molecule has 24 heavy (non-hydrogen) atoms. The summed E-state index contributed by atoms with van der Waals surface area (Å²) in [6.45, 7) is 11.0. The lowest BCUT2D eigenvalue weighted by molar-refractivity contribution is -0.0583. The van der Waals surface area contributed by atoms with E-state index in [9.17, 15) is 0 Å². The first-order chi connectivity index (χ1) is 11.6. The summed E-state index contributed by atoms with van der Waals surface area (Å²) in [4.78, 5) is 0. The van der Waals surface area contributed by atoms with E-state index in [-0.39, 0.29) is 12.7 Å². The van der Waals surface area contributed by atoms with Gasteiger partial charge >= 0.3 is 8.56 Å². The summed E-state index contributed by atoms with van der Waals surface area (Å²) in [5.41, 5.74) is 0.374. The molecule has 1 rings (SSSR count). The van der Waals surface area contributed by atoms with Gasteiger partial charge in [0.2, 0.25) is 0 Å². The second kappa shape index (κ2) is 13.2. The van der Waals surface area contributed by atoms with Gasteiger partial charge in [-0.3, -0.25) is 0 Å². The third-order valence-electron chi connectivity index (χ3n) is 3.99. The van der Waals surface area contributed by atoms with Crippen LogP contribution in [0.3, 0.4) is 0 Å². The minimum atomic E-state index is -2.18. The fraction of sp³-hybridized carbons (Fsp3) is 1.00. The Hall–Kier alpha value is -0.0631. The zero-order valence-electron chi connectivity index (χ0n) is 15.3. The van der Waals surface area contributed by atoms with Crippen molar-refractivity contribution >= 4 is 8.56 Å². The van der Waals surface area contributed by atoms with Crippen molar-refractivity contribution < 1.29 is 32.9 Å². The molecule has 2 unspecified atom stereocenters. The molecule has 1 aliphatic rings. The summed E-state index contributed by atoms with van der Waals surface area (Å²) in [5, 5.41) is 8.63. The second-order valence-corrected chi connectivity index (χ2v) is 9.94. The van der Waals surface area contributed by atoms with Crippen LogP contribution in [0.5, 0.6) is 0 Å². The molecule has 0 aromatic carbocycles. The molecule has 7 nitrogen and oxygen atoms in total. The van der Waals surface area contributed by atoms with E-state index in [0.717, 1.165) is 6.42 Å². The van der Waals surface area contributed by atoms with Crippen LogP contribution in [-0.4, -0.2) is 85.8 Å². The maximum absolute atomic E-state index is 8.63. The topological polar surface area (TPSA) is 75.6 Å². The van der Waals surface area contributed by atoms with Crippen molar-refractivity contribution in [2.45, 2.75) is 38.5 Å². The van der Waals surface area contributed by atoms with Gasteiger partial charge in [0.1, 0.15) is 0 Å². The van der Waals surface area contributed by atoms with Gasteiger partial charge in [0.15, 0.2) is 0 Å². The Morgan fingerprint density at radius 3 is 2.42 bits per heavy atom. The van der Waals surface area contributed by atoms with E-state index in [2.05, 4.69) is 20.4 Å². The molecule has 0 spiro atoms. The number of hydrogen-bond donors (Lipinski definition) is 1. The molecular formula is C16H34O7Si. The van der Waals surface area contributed by atoms with Crippen LogP contribution in [0.25, 0.3) is 0 Å². The quantitative estimate of drug-likeness (QED) is 0.513. The van der Waals surface area contributed by atoms with Crippen LogP contribution in [0.1, 0.15) is 20.3 Å². The zero-order chi connectivity index (χ0) is 17.7. The summed E-state index contributed by atoms with van der Waals surface area (Å²) in [7, 11) is -2.18. The Kier molecular flexibility index (Phi) is 12.1. The average molecular weight is 367 g/mol. The van der Waals surface area contributed by atoms with E-state index in [4.69, 9.17) is 32.9 Å². The third-order valence-corrected chi connectivity index (χ3v) is 7.64. The van der Waals surface area contributed by atoms with Gasteiger partial charge in [-0.2, -0.15) is 0 Å². The maximum atomic E-state index is 8.63. The van der Waals surface area contributed by atoms with E-state index in [1.165, 1.54) is 0 Å². The Morgan fingerprint density at radius 1 is 1.00 bits per heavy atom. The standard InChI is InChI=1S/C16H34O7Si/c1-15(2)24(3)22-12-10-18-6-4-16(21-11-13-23-24)14-20-9-8-19-7-5-17/h15-17H,4-14H2,1-3H3. The normalized spacial score (nSPS) is 27.6. The molecule has 0 amide bonds. The molecule has 0 aromatic heterocycles. The molecule has 1 fully saturated rings. The highest BCUT2D eigenvalue weighted by atomic mass is 28.4. The van der Waals surface area contributed by atoms with Gasteiger partial charge in [-0.25, -0.2) is 0 Å². The number of aliphatic hydroxyl groups is 1. The Labute approximate surface area is 146 Å². The van der Waals surface area contributed by atoms with Gasteiger partial charge in [0.05, 0.1) is 65.6 Å². The molecule has 0 radical (unpaired) electrons. The molecule has 1 heterocycles. The van der Waals surface area contributed by atoms with Crippen molar-refractivity contribution in [3.63, 3.8) is 0 Å². The minimum Gasteiger partial charge on any atom is -0.394 e. The molecule has 1 aliphatic heterocycles. The molecule has 1 saturated heterocycles. The Morgan fingerprint density at radius 2 is 1.71 bits per heavy atom. The van der Waals surface area contributed by atoms with E-state index < -0.39 is 8.56 Å². The second-order valence-electron chi connectivity index (χ2n) is 6.17. The predicted octanol–water partition coefficient (Wildman–Crippen LogP) is 1.33. The van der Waals surface area contributed by atoms with Crippen molar-refractivity contribution in [1.82, 2.24) is 0 Å². The molecule has 8 heteroatoms. The lowest BCUT2D eigenvalue weighted by Crippen LogP contribution is -2.44. The number of hydrogen-bond acceptors (Lipinski definition) is 7. The smallest absolute Gasteiger partial charge is 0.337 e. The highest BCUT2D eigenvalue weighted by Gasteiger charge is 2.35. The number of rotatable bonds is 8. The van der Waals surface area contributed by atoms with Gasteiger partial charge in [0, 0.05) is 6.61 Å². The van der Waals surface area contributed by atoms with Crippen molar-refractivity contribution in [2.75, 3.05) is 66.1 Å². The van der Waals surface area contributed by atoms with Crippen molar-refractivity contribution in [3.8, 4) is 0 Å². The SMILES string of the molecule is CC(C)[Si]1(C)OCCOCCC(COCCOCCO)OCCO1. The largest absolute Gasteiger partial charge is 0.394 e. The molecule has 0 aliphatic carbocycles. The van der Waals surface area contributed by atoms with E-state index in [1.807, 2.05) is 0 Å². The highest BCUT2D eigenvalue weighted by Crippen LogP contribution is 2.23. The molecule has 0 saturated carbocycles. The van der Waals surface area contributed by atoms with Crippen LogP contribution >= 0.6 is 0 Å². The average Bonchev–Trinajstić information content (AvgIpc) is 2.55.